The van der Waals surface area contributed by atoms with E-state index in [-0.39, 0.29) is 0 Å². The summed E-state index contributed by atoms with van der Waals surface area (Å²) in [7, 11) is 1.62. The lowest BCUT2D eigenvalue weighted by Gasteiger charge is -2.05. The molecule has 0 rings (SSSR count). The molecule has 3 nitrogen and oxygen atoms in total. The summed E-state index contributed by atoms with van der Waals surface area (Å²) in [5.41, 5.74) is 6.00. The molecule has 0 spiro atoms. The number of hydrogen-bond acceptors (Lipinski definition) is 2. The average molecular weight is 204 g/mol. The van der Waals surface area contributed by atoms with E-state index in [0.717, 1.165) is 0 Å². The smallest absolute Gasteiger partial charge is 0.149 e. The Kier molecular flexibility index (Phi) is 10.2. The summed E-state index contributed by atoms with van der Waals surface area (Å²) < 4.78 is 0. The van der Waals surface area contributed by atoms with Gasteiger partial charge in [0, 0.05) is 12.1 Å². The van der Waals surface area contributed by atoms with Crippen molar-refractivity contribution in [3.8, 4) is 0 Å². The summed E-state index contributed by atoms with van der Waals surface area (Å²) in [6, 6.07) is 0. The highest BCUT2D eigenvalue weighted by Crippen LogP contribution is 2.03. The topological polar surface area (TPSA) is 50.4 Å². The summed E-state index contributed by atoms with van der Waals surface area (Å²) in [6.07, 6.45) is 1.50. The zero-order valence-corrected chi connectivity index (χ0v) is 9.44. The lowest BCUT2D eigenvalue weighted by molar-refractivity contribution is 1.19. The van der Waals surface area contributed by atoms with Gasteiger partial charge < -0.3 is 11.1 Å². The van der Waals surface area contributed by atoms with E-state index in [9.17, 15) is 0 Å². The molecule has 0 bridgehead atoms. The van der Waals surface area contributed by atoms with Crippen molar-refractivity contribution in [2.45, 2.75) is 20.8 Å². The molecule has 0 aromatic rings. The van der Waals surface area contributed by atoms with E-state index in [1.54, 1.807) is 14.0 Å². The maximum atomic E-state index is 5.64. The molecular formula is C9H18ClN3. The summed E-state index contributed by atoms with van der Waals surface area (Å²) in [4.78, 5) is 3.87. The summed E-state index contributed by atoms with van der Waals surface area (Å²) >= 11 is 5.64. The van der Waals surface area contributed by atoms with E-state index in [0.29, 0.717) is 16.6 Å². The highest BCUT2D eigenvalue weighted by molar-refractivity contribution is 6.31. The van der Waals surface area contributed by atoms with Gasteiger partial charge in [-0.15, -0.1) is 0 Å². The van der Waals surface area contributed by atoms with E-state index < -0.39 is 0 Å². The quantitative estimate of drug-likeness (QED) is 0.534. The van der Waals surface area contributed by atoms with Crippen LogP contribution in [0.3, 0.4) is 0 Å². The fourth-order valence-electron chi connectivity index (χ4n) is 0.523. The molecule has 76 valence electrons. The third kappa shape index (κ3) is 6.22. The highest BCUT2D eigenvalue weighted by atomic mass is 35.5. The molecule has 0 saturated carbocycles. The summed E-state index contributed by atoms with van der Waals surface area (Å²) in [6.45, 7) is 9.18. The Morgan fingerprint density at radius 3 is 2.23 bits per heavy atom. The highest BCUT2D eigenvalue weighted by Gasteiger charge is 2.01. The van der Waals surface area contributed by atoms with Gasteiger partial charge in [-0.2, -0.15) is 0 Å². The van der Waals surface area contributed by atoms with E-state index in [4.69, 9.17) is 17.3 Å². The van der Waals surface area contributed by atoms with Crippen LogP contribution in [0.1, 0.15) is 20.8 Å². The van der Waals surface area contributed by atoms with E-state index in [1.807, 2.05) is 13.8 Å². The largest absolute Gasteiger partial charge is 0.395 e. The van der Waals surface area contributed by atoms with Crippen LogP contribution in [0.4, 0.5) is 0 Å². The zero-order chi connectivity index (χ0) is 10.9. The third-order valence-corrected chi connectivity index (χ3v) is 1.29. The van der Waals surface area contributed by atoms with Crippen molar-refractivity contribution < 1.29 is 0 Å². The molecule has 0 atom stereocenters. The first kappa shape index (κ1) is 14.6. The molecule has 0 amide bonds. The number of aliphatic imine (C=N–C) groups is 1. The van der Waals surface area contributed by atoms with Crippen molar-refractivity contribution in [1.82, 2.24) is 5.32 Å². The molecular weight excluding hydrogens is 186 g/mol. The monoisotopic (exact) mass is 203 g/mol. The van der Waals surface area contributed by atoms with Crippen molar-refractivity contribution in [1.29, 1.82) is 0 Å². The van der Waals surface area contributed by atoms with Gasteiger partial charge in [-0.25, -0.2) is 0 Å². The van der Waals surface area contributed by atoms with E-state index in [1.165, 1.54) is 6.20 Å². The number of allylic oxidation sites excluding steroid dienone is 1. The number of amidine groups is 1. The van der Waals surface area contributed by atoms with Crippen LogP contribution >= 0.6 is 11.6 Å². The molecule has 0 aromatic heterocycles. The van der Waals surface area contributed by atoms with Gasteiger partial charge in [0.25, 0.3) is 0 Å². The van der Waals surface area contributed by atoms with Crippen molar-refractivity contribution in [3.05, 3.63) is 23.5 Å². The van der Waals surface area contributed by atoms with Gasteiger partial charge in [0.1, 0.15) is 5.84 Å². The molecule has 0 saturated heterocycles. The lowest BCUT2D eigenvalue weighted by Crippen LogP contribution is -2.24. The van der Waals surface area contributed by atoms with E-state index in [2.05, 4.69) is 16.9 Å². The Morgan fingerprint density at radius 2 is 2.00 bits per heavy atom. The Balaban J connectivity index is 0. The Bertz CT molecular complexity index is 203. The maximum absolute atomic E-state index is 5.64. The molecule has 0 unspecified atom stereocenters. The van der Waals surface area contributed by atoms with Crippen LogP contribution in [0.25, 0.3) is 0 Å². The molecule has 0 aromatic carbocycles. The molecule has 0 aliphatic heterocycles. The first-order valence-corrected chi connectivity index (χ1v) is 4.47. The fourth-order valence-corrected chi connectivity index (χ4v) is 0.612. The van der Waals surface area contributed by atoms with Crippen LogP contribution in [0, 0.1) is 0 Å². The predicted octanol–water partition coefficient (Wildman–Crippen LogP) is 2.20. The molecule has 3 N–H and O–H groups in total. The molecule has 0 aliphatic rings. The third-order valence-electron chi connectivity index (χ3n) is 1.09. The average Bonchev–Trinajstić information content (AvgIpc) is 2.16. The molecule has 4 heteroatoms. The summed E-state index contributed by atoms with van der Waals surface area (Å²) in [5, 5.41) is 3.27. The second-order valence-corrected chi connectivity index (χ2v) is 2.43. The van der Waals surface area contributed by atoms with Crippen molar-refractivity contribution in [2.24, 2.45) is 10.7 Å². The van der Waals surface area contributed by atoms with Gasteiger partial charge in [0.05, 0.1) is 5.70 Å². The fraction of sp³-hybridized carbons (Fsp3) is 0.444. The standard InChI is InChI=1S/C7H12ClN3.C2H6/c1-4-11-7(10-3)6(9)5(2)8;1-2/h4H,1,9H2,2-3H3,(H,10,11);1-2H3/b6-5-;. The molecule has 0 heterocycles. The van der Waals surface area contributed by atoms with Crippen LogP contribution in [0.2, 0.25) is 0 Å². The molecule has 0 radical (unpaired) electrons. The van der Waals surface area contributed by atoms with Crippen molar-refractivity contribution in [3.63, 3.8) is 0 Å². The first-order chi connectivity index (χ1) is 6.13. The number of nitrogens with zero attached hydrogens (tertiary/aromatic N) is 1. The second kappa shape index (κ2) is 9.13. The number of rotatable bonds is 2. The minimum Gasteiger partial charge on any atom is -0.395 e. The normalized spacial score (nSPS) is 12.2. The summed E-state index contributed by atoms with van der Waals surface area (Å²) in [5.74, 6) is 0.535. The van der Waals surface area contributed by atoms with Crippen molar-refractivity contribution >= 4 is 17.4 Å². The van der Waals surface area contributed by atoms with Crippen LogP contribution in [-0.4, -0.2) is 12.9 Å². The predicted molar refractivity (Wildman–Crippen MR) is 60.8 cm³/mol. The van der Waals surface area contributed by atoms with Crippen LogP contribution < -0.4 is 11.1 Å². The lowest BCUT2D eigenvalue weighted by atomic mass is 10.4. The Hall–Kier alpha value is -0.960. The number of nitrogens with one attached hydrogen (secondary N) is 1. The maximum Gasteiger partial charge on any atom is 0.149 e. The van der Waals surface area contributed by atoms with Crippen molar-refractivity contribution in [2.75, 3.05) is 7.05 Å². The minimum atomic E-state index is 0.439. The van der Waals surface area contributed by atoms with Crippen LogP contribution in [-0.2, 0) is 0 Å². The minimum absolute atomic E-state index is 0.439. The van der Waals surface area contributed by atoms with Gasteiger partial charge in [-0.05, 0) is 13.1 Å². The van der Waals surface area contributed by atoms with Gasteiger partial charge in [0.2, 0.25) is 0 Å². The van der Waals surface area contributed by atoms with Crippen LogP contribution in [0.5, 0.6) is 0 Å². The first-order valence-electron chi connectivity index (χ1n) is 4.10. The van der Waals surface area contributed by atoms with Gasteiger partial charge in [-0.3, -0.25) is 4.99 Å². The number of hydrogen-bond donors (Lipinski definition) is 2. The van der Waals surface area contributed by atoms with Crippen LogP contribution in [0.15, 0.2) is 28.5 Å². The second-order valence-electron chi connectivity index (χ2n) is 1.87. The molecule has 0 fully saturated rings. The van der Waals surface area contributed by atoms with E-state index >= 15 is 0 Å². The molecule has 0 aliphatic carbocycles. The van der Waals surface area contributed by atoms with Gasteiger partial charge in [-0.1, -0.05) is 32.0 Å². The zero-order valence-electron chi connectivity index (χ0n) is 8.69. The Labute approximate surface area is 85.4 Å². The number of halogens is 1. The van der Waals surface area contributed by atoms with Gasteiger partial charge >= 0.3 is 0 Å². The Morgan fingerprint density at radius 1 is 1.54 bits per heavy atom. The molecule has 13 heavy (non-hydrogen) atoms. The number of nitrogens with two attached hydrogens (primary N) is 1. The van der Waals surface area contributed by atoms with Gasteiger partial charge in [0.15, 0.2) is 0 Å². The SMILES string of the molecule is C=CNC(=NC)/C(N)=C(\C)Cl.CC.